The van der Waals surface area contributed by atoms with Crippen LogP contribution in [0.25, 0.3) is 0 Å². The van der Waals surface area contributed by atoms with Crippen LogP contribution in [0.2, 0.25) is 0 Å². The van der Waals surface area contributed by atoms with Gasteiger partial charge in [-0.25, -0.2) is 4.98 Å². The van der Waals surface area contributed by atoms with Crippen molar-refractivity contribution in [1.29, 1.82) is 0 Å². The predicted molar refractivity (Wildman–Crippen MR) is 40.3 cm³/mol. The molecule has 0 bridgehead atoms. The van der Waals surface area contributed by atoms with Crippen LogP contribution in [-0.2, 0) is 0 Å². The minimum Gasteiger partial charge on any atom is -0.481 e. The lowest BCUT2D eigenvalue weighted by molar-refractivity contribution is -0.189. The molecule has 1 heterocycles. The standard InChI is InChI=1S/C8H7F4NO/c1-5(8(10,11)12)14-6-2-3-13-7(9)4-6/h2-5H,1H3. The first-order valence-electron chi connectivity index (χ1n) is 3.74. The third-order valence-electron chi connectivity index (χ3n) is 1.47. The van der Waals surface area contributed by atoms with E-state index in [0.29, 0.717) is 0 Å². The van der Waals surface area contributed by atoms with Gasteiger partial charge in [0.05, 0.1) is 0 Å². The Morgan fingerprint density at radius 3 is 2.57 bits per heavy atom. The van der Waals surface area contributed by atoms with E-state index in [1.54, 1.807) is 0 Å². The highest BCUT2D eigenvalue weighted by Gasteiger charge is 2.38. The predicted octanol–water partition coefficient (Wildman–Crippen LogP) is 2.55. The zero-order valence-corrected chi connectivity index (χ0v) is 7.18. The number of hydrogen-bond acceptors (Lipinski definition) is 2. The number of aromatic nitrogens is 1. The van der Waals surface area contributed by atoms with Crippen molar-refractivity contribution in [1.82, 2.24) is 4.98 Å². The third kappa shape index (κ3) is 2.86. The highest BCUT2D eigenvalue weighted by molar-refractivity contribution is 5.18. The van der Waals surface area contributed by atoms with Gasteiger partial charge in [-0.15, -0.1) is 0 Å². The molecule has 0 saturated heterocycles. The summed E-state index contributed by atoms with van der Waals surface area (Å²) in [5.74, 6) is -1.07. The quantitative estimate of drug-likeness (QED) is 0.551. The van der Waals surface area contributed by atoms with Crippen molar-refractivity contribution < 1.29 is 22.3 Å². The van der Waals surface area contributed by atoms with Crippen LogP contribution in [0.3, 0.4) is 0 Å². The van der Waals surface area contributed by atoms with Crippen LogP contribution in [-0.4, -0.2) is 17.3 Å². The first kappa shape index (κ1) is 10.7. The lowest BCUT2D eigenvalue weighted by atomic mass is 10.4. The van der Waals surface area contributed by atoms with E-state index in [9.17, 15) is 17.6 Å². The number of rotatable bonds is 2. The molecular formula is C8H7F4NO. The molecule has 0 aliphatic carbocycles. The van der Waals surface area contributed by atoms with Gasteiger partial charge < -0.3 is 4.74 Å². The average molecular weight is 209 g/mol. The Morgan fingerprint density at radius 1 is 1.43 bits per heavy atom. The first-order chi connectivity index (χ1) is 6.39. The lowest BCUT2D eigenvalue weighted by Crippen LogP contribution is -2.31. The monoisotopic (exact) mass is 209 g/mol. The van der Waals surface area contributed by atoms with Gasteiger partial charge in [-0.2, -0.15) is 17.6 Å². The zero-order chi connectivity index (χ0) is 10.8. The Bertz CT molecular complexity index is 312. The molecule has 1 aromatic rings. The zero-order valence-electron chi connectivity index (χ0n) is 7.18. The molecule has 1 unspecified atom stereocenters. The number of hydrogen-bond donors (Lipinski definition) is 0. The largest absolute Gasteiger partial charge is 0.481 e. The van der Waals surface area contributed by atoms with E-state index in [1.165, 1.54) is 0 Å². The van der Waals surface area contributed by atoms with Crippen LogP contribution >= 0.6 is 0 Å². The van der Waals surface area contributed by atoms with Crippen molar-refractivity contribution in [2.45, 2.75) is 19.2 Å². The fourth-order valence-electron chi connectivity index (χ4n) is 0.729. The Balaban J connectivity index is 2.70. The summed E-state index contributed by atoms with van der Waals surface area (Å²) >= 11 is 0. The molecule has 78 valence electrons. The van der Waals surface area contributed by atoms with Gasteiger partial charge in [0, 0.05) is 12.3 Å². The van der Waals surface area contributed by atoms with Crippen LogP contribution in [0.15, 0.2) is 18.3 Å². The van der Waals surface area contributed by atoms with Crippen molar-refractivity contribution in [2.24, 2.45) is 0 Å². The molecule has 0 spiro atoms. The summed E-state index contributed by atoms with van der Waals surface area (Å²) in [5, 5.41) is 0. The molecule has 0 aliphatic rings. The second-order valence-corrected chi connectivity index (χ2v) is 2.62. The summed E-state index contributed by atoms with van der Waals surface area (Å²) in [5.41, 5.74) is 0. The number of halogens is 4. The molecule has 6 heteroatoms. The van der Waals surface area contributed by atoms with Crippen molar-refractivity contribution in [3.05, 3.63) is 24.3 Å². The number of alkyl halides is 3. The van der Waals surface area contributed by atoms with Crippen LogP contribution in [0.4, 0.5) is 17.6 Å². The maximum atomic E-state index is 12.4. The number of nitrogens with zero attached hydrogens (tertiary/aromatic N) is 1. The van der Waals surface area contributed by atoms with E-state index in [0.717, 1.165) is 25.3 Å². The van der Waals surface area contributed by atoms with Gasteiger partial charge in [0.1, 0.15) is 5.75 Å². The minimum atomic E-state index is -4.46. The van der Waals surface area contributed by atoms with Crippen LogP contribution in [0.1, 0.15) is 6.92 Å². The molecule has 0 aliphatic heterocycles. The topological polar surface area (TPSA) is 22.1 Å². The summed E-state index contributed by atoms with van der Waals surface area (Å²) < 4.78 is 52.9. The molecule has 1 rings (SSSR count). The van der Waals surface area contributed by atoms with Crippen LogP contribution in [0.5, 0.6) is 5.75 Å². The number of ether oxygens (including phenoxy) is 1. The van der Waals surface area contributed by atoms with E-state index in [2.05, 4.69) is 9.72 Å². The van der Waals surface area contributed by atoms with Gasteiger partial charge in [-0.1, -0.05) is 0 Å². The summed E-state index contributed by atoms with van der Waals surface area (Å²) in [6.45, 7) is 0.846. The summed E-state index contributed by atoms with van der Waals surface area (Å²) in [6, 6.07) is 1.95. The fourth-order valence-corrected chi connectivity index (χ4v) is 0.729. The molecule has 1 atom stereocenters. The van der Waals surface area contributed by atoms with Crippen LogP contribution < -0.4 is 4.74 Å². The van der Waals surface area contributed by atoms with Gasteiger partial charge in [0.15, 0.2) is 6.10 Å². The maximum absolute atomic E-state index is 12.4. The second-order valence-electron chi connectivity index (χ2n) is 2.62. The fraction of sp³-hybridized carbons (Fsp3) is 0.375. The first-order valence-corrected chi connectivity index (χ1v) is 3.74. The van der Waals surface area contributed by atoms with Crippen molar-refractivity contribution >= 4 is 0 Å². The van der Waals surface area contributed by atoms with Crippen molar-refractivity contribution in [3.63, 3.8) is 0 Å². The molecule has 0 N–H and O–H groups in total. The van der Waals surface area contributed by atoms with E-state index in [4.69, 9.17) is 0 Å². The van der Waals surface area contributed by atoms with Gasteiger partial charge in [-0.05, 0) is 13.0 Å². The van der Waals surface area contributed by atoms with Gasteiger partial charge in [0.2, 0.25) is 5.95 Å². The highest BCUT2D eigenvalue weighted by Crippen LogP contribution is 2.24. The average Bonchev–Trinajstić information content (AvgIpc) is 2.02. The lowest BCUT2D eigenvalue weighted by Gasteiger charge is -2.17. The highest BCUT2D eigenvalue weighted by atomic mass is 19.4. The summed E-state index contributed by atoms with van der Waals surface area (Å²) in [7, 11) is 0. The van der Waals surface area contributed by atoms with Gasteiger partial charge in [-0.3, -0.25) is 0 Å². The van der Waals surface area contributed by atoms with Gasteiger partial charge >= 0.3 is 6.18 Å². The molecular weight excluding hydrogens is 202 g/mol. The van der Waals surface area contributed by atoms with E-state index >= 15 is 0 Å². The maximum Gasteiger partial charge on any atom is 0.425 e. The molecule has 0 aromatic carbocycles. The molecule has 0 radical (unpaired) electrons. The molecule has 0 fully saturated rings. The van der Waals surface area contributed by atoms with Crippen molar-refractivity contribution in [3.8, 4) is 5.75 Å². The van der Waals surface area contributed by atoms with Crippen molar-refractivity contribution in [2.75, 3.05) is 0 Å². The second kappa shape index (κ2) is 3.81. The SMILES string of the molecule is CC(Oc1ccnc(F)c1)C(F)(F)F. The molecule has 0 saturated carbocycles. The number of pyridine rings is 1. The van der Waals surface area contributed by atoms with Crippen LogP contribution in [0, 0.1) is 5.95 Å². The van der Waals surface area contributed by atoms with Gasteiger partial charge in [0.25, 0.3) is 0 Å². The third-order valence-corrected chi connectivity index (χ3v) is 1.47. The molecule has 14 heavy (non-hydrogen) atoms. The Kier molecular flexibility index (Phi) is 2.93. The van der Waals surface area contributed by atoms with E-state index in [-0.39, 0.29) is 5.75 Å². The molecule has 1 aromatic heterocycles. The van der Waals surface area contributed by atoms with E-state index < -0.39 is 18.2 Å². The molecule has 0 amide bonds. The summed E-state index contributed by atoms with van der Waals surface area (Å²) in [4.78, 5) is 3.18. The molecule has 2 nitrogen and oxygen atoms in total. The summed E-state index contributed by atoms with van der Waals surface area (Å²) in [6.07, 6.45) is -5.39. The minimum absolute atomic E-state index is 0.192. The Morgan fingerprint density at radius 2 is 2.07 bits per heavy atom. The Labute approximate surface area is 77.5 Å². The normalized spacial score (nSPS) is 13.8. The Hall–Kier alpha value is -1.33. The van der Waals surface area contributed by atoms with E-state index in [1.807, 2.05) is 0 Å². The smallest absolute Gasteiger partial charge is 0.425 e.